The van der Waals surface area contributed by atoms with Gasteiger partial charge in [0, 0.05) is 17.8 Å². The van der Waals surface area contributed by atoms with Crippen molar-refractivity contribution in [1.29, 1.82) is 0 Å². The summed E-state index contributed by atoms with van der Waals surface area (Å²) in [4.78, 5) is 20.5. The number of nitro benzene ring substituents is 1. The predicted molar refractivity (Wildman–Crippen MR) is 70.2 cm³/mol. The van der Waals surface area contributed by atoms with Gasteiger partial charge in [-0.25, -0.2) is 4.79 Å². The smallest absolute Gasteiger partial charge is 0.409 e. The summed E-state index contributed by atoms with van der Waals surface area (Å²) in [5.74, 6) is 0. The molecule has 0 unspecified atom stereocenters. The van der Waals surface area contributed by atoms with E-state index < -0.39 is 11.0 Å². The summed E-state index contributed by atoms with van der Waals surface area (Å²) in [6.07, 6.45) is -1.12. The molecule has 2 aromatic rings. The van der Waals surface area contributed by atoms with E-state index in [1.807, 2.05) is 0 Å². The zero-order valence-electron chi connectivity index (χ0n) is 9.74. The number of anilines is 1. The van der Waals surface area contributed by atoms with E-state index in [0.29, 0.717) is 5.69 Å². The molecule has 0 heterocycles. The van der Waals surface area contributed by atoms with Gasteiger partial charge in [-0.15, -0.1) is 0 Å². The fourth-order valence-corrected chi connectivity index (χ4v) is 1.65. The highest BCUT2D eigenvalue weighted by Crippen LogP contribution is 2.23. The number of benzene rings is 2. The minimum atomic E-state index is -1.12. The minimum absolute atomic E-state index is 0.0351. The largest absolute Gasteiger partial charge is 0.465 e. The van der Waals surface area contributed by atoms with Crippen molar-refractivity contribution >= 4 is 17.5 Å². The number of nitro groups is 1. The summed E-state index contributed by atoms with van der Waals surface area (Å²) in [7, 11) is 0. The number of non-ortho nitro benzene ring substituents is 1. The highest BCUT2D eigenvalue weighted by atomic mass is 16.6. The van der Waals surface area contributed by atoms with Gasteiger partial charge in [-0.05, 0) is 35.4 Å². The Morgan fingerprint density at radius 2 is 1.47 bits per heavy atom. The fraction of sp³-hybridized carbons (Fsp3) is 0. The van der Waals surface area contributed by atoms with Crippen molar-refractivity contribution in [1.82, 2.24) is 0 Å². The monoisotopic (exact) mass is 258 g/mol. The van der Waals surface area contributed by atoms with E-state index in [2.05, 4.69) is 5.32 Å². The van der Waals surface area contributed by atoms with Gasteiger partial charge in [0.1, 0.15) is 0 Å². The van der Waals surface area contributed by atoms with Crippen LogP contribution in [0.5, 0.6) is 0 Å². The van der Waals surface area contributed by atoms with Crippen LogP contribution in [0.1, 0.15) is 0 Å². The Hall–Kier alpha value is -2.89. The Morgan fingerprint density at radius 1 is 1.00 bits per heavy atom. The molecule has 2 rings (SSSR count). The average molecular weight is 258 g/mol. The first kappa shape index (κ1) is 12.6. The lowest BCUT2D eigenvalue weighted by molar-refractivity contribution is -0.384. The van der Waals surface area contributed by atoms with Crippen molar-refractivity contribution in [2.45, 2.75) is 0 Å². The molecule has 0 saturated heterocycles. The molecular weight excluding hydrogens is 248 g/mol. The Bertz CT molecular complexity index is 606. The molecule has 0 saturated carbocycles. The Labute approximate surface area is 108 Å². The zero-order chi connectivity index (χ0) is 13.8. The van der Waals surface area contributed by atoms with Crippen LogP contribution >= 0.6 is 0 Å². The summed E-state index contributed by atoms with van der Waals surface area (Å²) >= 11 is 0. The Kier molecular flexibility index (Phi) is 3.42. The molecular formula is C13H10N2O4. The molecule has 6 nitrogen and oxygen atoms in total. The molecule has 2 aromatic carbocycles. The summed E-state index contributed by atoms with van der Waals surface area (Å²) < 4.78 is 0. The fourth-order valence-electron chi connectivity index (χ4n) is 1.65. The quantitative estimate of drug-likeness (QED) is 0.652. The zero-order valence-corrected chi connectivity index (χ0v) is 9.74. The van der Waals surface area contributed by atoms with Crippen LogP contribution in [0.2, 0.25) is 0 Å². The van der Waals surface area contributed by atoms with Crippen molar-refractivity contribution in [2.75, 3.05) is 5.32 Å². The lowest BCUT2D eigenvalue weighted by Gasteiger charge is -2.04. The van der Waals surface area contributed by atoms with E-state index in [1.165, 1.54) is 12.1 Å². The molecule has 2 N–H and O–H groups in total. The van der Waals surface area contributed by atoms with Crippen LogP contribution in [0.4, 0.5) is 16.2 Å². The first-order valence-corrected chi connectivity index (χ1v) is 5.41. The topological polar surface area (TPSA) is 92.5 Å². The first-order chi connectivity index (χ1) is 9.06. The average Bonchev–Trinajstić information content (AvgIpc) is 2.39. The lowest BCUT2D eigenvalue weighted by Crippen LogP contribution is -2.06. The molecule has 0 aliphatic carbocycles. The number of hydrogen-bond donors (Lipinski definition) is 2. The third-order valence-corrected chi connectivity index (χ3v) is 2.55. The van der Waals surface area contributed by atoms with Crippen molar-refractivity contribution in [3.8, 4) is 11.1 Å². The van der Waals surface area contributed by atoms with Gasteiger partial charge in [-0.3, -0.25) is 15.4 Å². The number of hydrogen-bond acceptors (Lipinski definition) is 3. The van der Waals surface area contributed by atoms with Gasteiger partial charge in [0.25, 0.3) is 5.69 Å². The van der Waals surface area contributed by atoms with Crippen molar-refractivity contribution < 1.29 is 14.8 Å². The Balaban J connectivity index is 2.22. The van der Waals surface area contributed by atoms with Gasteiger partial charge in [0.2, 0.25) is 0 Å². The maximum absolute atomic E-state index is 10.5. The Morgan fingerprint density at radius 3 is 1.89 bits per heavy atom. The van der Waals surface area contributed by atoms with Crippen LogP contribution in [-0.2, 0) is 0 Å². The van der Waals surface area contributed by atoms with Crippen molar-refractivity contribution in [2.24, 2.45) is 0 Å². The van der Waals surface area contributed by atoms with Gasteiger partial charge in [-0.2, -0.15) is 0 Å². The van der Waals surface area contributed by atoms with Gasteiger partial charge >= 0.3 is 6.09 Å². The third-order valence-electron chi connectivity index (χ3n) is 2.55. The molecule has 96 valence electrons. The summed E-state index contributed by atoms with van der Waals surface area (Å²) in [5.41, 5.74) is 2.18. The second kappa shape index (κ2) is 5.18. The van der Waals surface area contributed by atoms with Gasteiger partial charge in [0.05, 0.1) is 4.92 Å². The maximum Gasteiger partial charge on any atom is 0.409 e. The number of carbonyl (C=O) groups is 1. The van der Waals surface area contributed by atoms with E-state index in [9.17, 15) is 14.9 Å². The van der Waals surface area contributed by atoms with Crippen LogP contribution in [0.15, 0.2) is 48.5 Å². The van der Waals surface area contributed by atoms with E-state index >= 15 is 0 Å². The third kappa shape index (κ3) is 3.06. The lowest BCUT2D eigenvalue weighted by atomic mass is 10.1. The van der Waals surface area contributed by atoms with E-state index in [-0.39, 0.29) is 5.69 Å². The van der Waals surface area contributed by atoms with Crippen LogP contribution in [-0.4, -0.2) is 16.1 Å². The number of rotatable bonds is 3. The molecule has 0 bridgehead atoms. The molecule has 0 spiro atoms. The van der Waals surface area contributed by atoms with Gasteiger partial charge < -0.3 is 5.11 Å². The molecule has 19 heavy (non-hydrogen) atoms. The van der Waals surface area contributed by atoms with Gasteiger partial charge in [-0.1, -0.05) is 12.1 Å². The number of carboxylic acid groups (broad SMARTS) is 1. The summed E-state index contributed by atoms with van der Waals surface area (Å²) in [6.45, 7) is 0. The molecule has 0 aliphatic rings. The highest BCUT2D eigenvalue weighted by molar-refractivity contribution is 5.83. The van der Waals surface area contributed by atoms with Crippen LogP contribution in [0.25, 0.3) is 11.1 Å². The molecule has 0 fully saturated rings. The molecule has 0 aliphatic heterocycles. The molecule has 0 radical (unpaired) electrons. The summed E-state index contributed by atoms with van der Waals surface area (Å²) in [5, 5.41) is 21.3. The molecule has 0 atom stereocenters. The summed E-state index contributed by atoms with van der Waals surface area (Å²) in [6, 6.07) is 12.9. The highest BCUT2D eigenvalue weighted by Gasteiger charge is 2.05. The molecule has 0 aromatic heterocycles. The van der Waals surface area contributed by atoms with Crippen LogP contribution in [0, 0.1) is 10.1 Å². The second-order valence-corrected chi connectivity index (χ2v) is 3.81. The van der Waals surface area contributed by atoms with Crippen molar-refractivity contribution in [3.05, 3.63) is 58.6 Å². The maximum atomic E-state index is 10.5. The number of nitrogens with zero attached hydrogens (tertiary/aromatic N) is 1. The van der Waals surface area contributed by atoms with E-state index in [4.69, 9.17) is 5.11 Å². The number of nitrogens with one attached hydrogen (secondary N) is 1. The normalized spacial score (nSPS) is 9.89. The van der Waals surface area contributed by atoms with E-state index in [0.717, 1.165) is 11.1 Å². The van der Waals surface area contributed by atoms with E-state index in [1.54, 1.807) is 36.4 Å². The molecule has 1 amide bonds. The minimum Gasteiger partial charge on any atom is -0.465 e. The number of amides is 1. The first-order valence-electron chi connectivity index (χ1n) is 5.41. The standard InChI is InChI=1S/C13H10N2O4/c16-13(17)14-11-5-1-9(2-6-11)10-3-7-12(8-4-10)15(18)19/h1-8,14H,(H,16,17). The van der Waals surface area contributed by atoms with Crippen LogP contribution < -0.4 is 5.32 Å². The van der Waals surface area contributed by atoms with Crippen LogP contribution in [0.3, 0.4) is 0 Å². The SMILES string of the molecule is O=C(O)Nc1ccc(-c2ccc([N+](=O)[O-])cc2)cc1. The van der Waals surface area contributed by atoms with Crippen molar-refractivity contribution in [3.63, 3.8) is 0 Å². The van der Waals surface area contributed by atoms with Gasteiger partial charge in [0.15, 0.2) is 0 Å². The predicted octanol–water partition coefficient (Wildman–Crippen LogP) is 3.35. The molecule has 6 heteroatoms. The second-order valence-electron chi connectivity index (χ2n) is 3.81.